The van der Waals surface area contributed by atoms with Crippen LogP contribution in [-0.4, -0.2) is 55.8 Å². The molecule has 0 atom stereocenters. The first kappa shape index (κ1) is 21.8. The number of benzene rings is 2. The number of aromatic nitrogens is 4. The summed E-state index contributed by atoms with van der Waals surface area (Å²) in [5.74, 6) is 1.57. The zero-order valence-corrected chi connectivity index (χ0v) is 19.4. The first-order chi connectivity index (χ1) is 16.7. The van der Waals surface area contributed by atoms with E-state index in [1.165, 1.54) is 11.8 Å². The van der Waals surface area contributed by atoms with Crippen molar-refractivity contribution in [3.8, 4) is 22.8 Å². The van der Waals surface area contributed by atoms with Crippen LogP contribution < -0.4 is 4.74 Å². The lowest BCUT2D eigenvalue weighted by Gasteiger charge is -2.13. The Labute approximate surface area is 201 Å². The number of pyridine rings is 1. The Morgan fingerprint density at radius 1 is 0.971 bits per heavy atom. The van der Waals surface area contributed by atoms with Crippen molar-refractivity contribution in [3.05, 3.63) is 84.7 Å². The standard InChI is InChI=1S/C25H22N6O2S/c1-33-21-9-7-20(8-10-21)31-24(19-11-14-26-15-12-19)27-28-25(31)34-17-23(32)30-16-13-22(29-30)18-5-3-2-4-6-18/h2-12,14-15H,13,16-17H2,1H3. The van der Waals surface area contributed by atoms with Gasteiger partial charge in [-0.1, -0.05) is 42.1 Å². The van der Waals surface area contributed by atoms with Crippen LogP contribution >= 0.6 is 11.8 Å². The van der Waals surface area contributed by atoms with Gasteiger partial charge in [-0.05, 0) is 42.0 Å². The lowest BCUT2D eigenvalue weighted by Crippen LogP contribution is -2.25. The number of hydrogen-bond acceptors (Lipinski definition) is 7. The van der Waals surface area contributed by atoms with Gasteiger partial charge < -0.3 is 4.74 Å². The van der Waals surface area contributed by atoms with E-state index >= 15 is 0 Å². The maximum absolute atomic E-state index is 12.9. The molecule has 0 N–H and O–H groups in total. The summed E-state index contributed by atoms with van der Waals surface area (Å²) >= 11 is 1.34. The molecule has 3 heterocycles. The van der Waals surface area contributed by atoms with Crippen LogP contribution in [0.1, 0.15) is 12.0 Å². The third kappa shape index (κ3) is 4.55. The number of ether oxygens (including phenoxy) is 1. The van der Waals surface area contributed by atoms with Gasteiger partial charge in [0.25, 0.3) is 5.91 Å². The fourth-order valence-corrected chi connectivity index (χ4v) is 4.51. The highest BCUT2D eigenvalue weighted by Crippen LogP contribution is 2.29. The number of carbonyl (C=O) groups is 1. The van der Waals surface area contributed by atoms with Crippen LogP contribution in [0.2, 0.25) is 0 Å². The van der Waals surface area contributed by atoms with Gasteiger partial charge in [0.05, 0.1) is 25.1 Å². The van der Waals surface area contributed by atoms with Crippen molar-refractivity contribution in [2.24, 2.45) is 5.10 Å². The molecule has 2 aromatic heterocycles. The van der Waals surface area contributed by atoms with Gasteiger partial charge in [-0.25, -0.2) is 5.01 Å². The van der Waals surface area contributed by atoms with Gasteiger partial charge in [-0.3, -0.25) is 14.3 Å². The Hall–Kier alpha value is -3.98. The van der Waals surface area contributed by atoms with E-state index in [1.807, 2.05) is 71.3 Å². The molecule has 9 heteroatoms. The minimum absolute atomic E-state index is 0.0642. The van der Waals surface area contributed by atoms with Crippen molar-refractivity contribution in [1.82, 2.24) is 24.8 Å². The molecule has 0 saturated carbocycles. The Morgan fingerprint density at radius 2 is 1.74 bits per heavy atom. The molecule has 2 aromatic carbocycles. The number of amides is 1. The quantitative estimate of drug-likeness (QED) is 0.379. The van der Waals surface area contributed by atoms with E-state index in [4.69, 9.17) is 4.74 Å². The lowest BCUT2D eigenvalue weighted by molar-refractivity contribution is -0.127. The summed E-state index contributed by atoms with van der Waals surface area (Å²) in [6.45, 7) is 0.580. The normalized spacial score (nSPS) is 13.1. The molecule has 1 amide bonds. The van der Waals surface area contributed by atoms with Crippen LogP contribution in [0.25, 0.3) is 17.1 Å². The van der Waals surface area contributed by atoms with Gasteiger partial charge >= 0.3 is 0 Å². The zero-order chi connectivity index (χ0) is 23.3. The fourth-order valence-electron chi connectivity index (χ4n) is 3.69. The topological polar surface area (TPSA) is 85.5 Å². The summed E-state index contributed by atoms with van der Waals surface area (Å²) in [4.78, 5) is 17.0. The van der Waals surface area contributed by atoms with Crippen molar-refractivity contribution in [1.29, 1.82) is 0 Å². The number of rotatable bonds is 7. The predicted molar refractivity (Wildman–Crippen MR) is 131 cm³/mol. The molecule has 34 heavy (non-hydrogen) atoms. The molecule has 0 saturated heterocycles. The second kappa shape index (κ2) is 9.88. The largest absolute Gasteiger partial charge is 0.497 e. The molecule has 1 aliphatic heterocycles. The van der Waals surface area contributed by atoms with Crippen molar-refractivity contribution in [3.63, 3.8) is 0 Å². The summed E-state index contributed by atoms with van der Waals surface area (Å²) in [5.41, 5.74) is 3.73. The second-order valence-corrected chi connectivity index (χ2v) is 8.49. The summed E-state index contributed by atoms with van der Waals surface area (Å²) in [7, 11) is 1.63. The van der Waals surface area contributed by atoms with Crippen LogP contribution in [0.15, 0.2) is 89.4 Å². The van der Waals surface area contributed by atoms with E-state index < -0.39 is 0 Å². The Balaban J connectivity index is 1.38. The predicted octanol–water partition coefficient (Wildman–Crippen LogP) is 4.07. The van der Waals surface area contributed by atoms with E-state index in [1.54, 1.807) is 24.5 Å². The lowest BCUT2D eigenvalue weighted by atomic mass is 10.1. The van der Waals surface area contributed by atoms with Crippen molar-refractivity contribution < 1.29 is 9.53 Å². The highest BCUT2D eigenvalue weighted by atomic mass is 32.2. The van der Waals surface area contributed by atoms with Crippen LogP contribution in [0.3, 0.4) is 0 Å². The molecule has 8 nitrogen and oxygen atoms in total. The van der Waals surface area contributed by atoms with E-state index in [0.717, 1.165) is 34.7 Å². The van der Waals surface area contributed by atoms with Gasteiger partial charge in [0, 0.05) is 30.1 Å². The van der Waals surface area contributed by atoms with Gasteiger partial charge in [-0.2, -0.15) is 5.10 Å². The minimum Gasteiger partial charge on any atom is -0.497 e. The molecule has 0 spiro atoms. The molecule has 0 radical (unpaired) electrons. The van der Waals surface area contributed by atoms with E-state index in [-0.39, 0.29) is 11.7 Å². The van der Waals surface area contributed by atoms with Crippen LogP contribution in [-0.2, 0) is 4.79 Å². The van der Waals surface area contributed by atoms with E-state index in [9.17, 15) is 4.79 Å². The molecule has 0 bridgehead atoms. The van der Waals surface area contributed by atoms with Gasteiger partial charge in [0.2, 0.25) is 0 Å². The van der Waals surface area contributed by atoms with E-state index in [0.29, 0.717) is 17.5 Å². The SMILES string of the molecule is COc1ccc(-n2c(SCC(=O)N3CCC(c4ccccc4)=N3)nnc2-c2ccncc2)cc1. The fraction of sp³-hybridized carbons (Fsp3) is 0.160. The number of nitrogens with zero attached hydrogens (tertiary/aromatic N) is 6. The first-order valence-electron chi connectivity index (χ1n) is 10.8. The first-order valence-corrected chi connectivity index (χ1v) is 11.8. The van der Waals surface area contributed by atoms with Crippen LogP contribution in [0, 0.1) is 0 Å². The highest BCUT2D eigenvalue weighted by molar-refractivity contribution is 7.99. The molecule has 0 fully saturated rings. The Bertz CT molecular complexity index is 1310. The maximum atomic E-state index is 12.9. The number of hydrazone groups is 1. The number of hydrogen-bond donors (Lipinski definition) is 0. The second-order valence-electron chi connectivity index (χ2n) is 7.54. The molecular formula is C25H22N6O2S. The Kier molecular flexibility index (Phi) is 6.35. The van der Waals surface area contributed by atoms with Crippen molar-refractivity contribution in [2.45, 2.75) is 11.6 Å². The number of thioether (sulfide) groups is 1. The third-order valence-electron chi connectivity index (χ3n) is 5.42. The molecular weight excluding hydrogens is 448 g/mol. The molecule has 170 valence electrons. The monoisotopic (exact) mass is 470 g/mol. The number of carbonyl (C=O) groups excluding carboxylic acids is 1. The summed E-state index contributed by atoms with van der Waals surface area (Å²) in [5, 5.41) is 15.5. The van der Waals surface area contributed by atoms with Gasteiger partial charge in [0.15, 0.2) is 11.0 Å². The smallest absolute Gasteiger partial charge is 0.253 e. The molecule has 1 aliphatic rings. The van der Waals surface area contributed by atoms with Crippen molar-refractivity contribution >= 4 is 23.4 Å². The maximum Gasteiger partial charge on any atom is 0.253 e. The molecule has 4 aromatic rings. The average Bonchev–Trinajstić information content (AvgIpc) is 3.56. The molecule has 5 rings (SSSR count). The average molecular weight is 471 g/mol. The summed E-state index contributed by atoms with van der Waals surface area (Å²) < 4.78 is 7.23. The number of methoxy groups -OCH3 is 1. The minimum atomic E-state index is -0.0642. The van der Waals surface area contributed by atoms with Crippen LogP contribution in [0.5, 0.6) is 5.75 Å². The van der Waals surface area contributed by atoms with Gasteiger partial charge in [-0.15, -0.1) is 10.2 Å². The molecule has 0 aliphatic carbocycles. The molecule has 0 unspecified atom stereocenters. The van der Waals surface area contributed by atoms with Crippen LogP contribution in [0.4, 0.5) is 0 Å². The highest BCUT2D eigenvalue weighted by Gasteiger charge is 2.23. The van der Waals surface area contributed by atoms with Gasteiger partial charge in [0.1, 0.15) is 5.75 Å². The van der Waals surface area contributed by atoms with E-state index in [2.05, 4.69) is 20.3 Å². The van der Waals surface area contributed by atoms with Crippen molar-refractivity contribution in [2.75, 3.05) is 19.4 Å². The summed E-state index contributed by atoms with van der Waals surface area (Å²) in [6, 6.07) is 21.4. The Morgan fingerprint density at radius 3 is 2.47 bits per heavy atom. The third-order valence-corrected chi connectivity index (χ3v) is 6.34. The zero-order valence-electron chi connectivity index (χ0n) is 18.5. The summed E-state index contributed by atoms with van der Waals surface area (Å²) in [6.07, 6.45) is 4.18.